The van der Waals surface area contributed by atoms with Gasteiger partial charge in [0.1, 0.15) is 0 Å². The molecule has 0 fully saturated rings. The van der Waals surface area contributed by atoms with Crippen molar-refractivity contribution in [2.45, 2.75) is 0 Å². The molecule has 1 aromatic heterocycles. The lowest BCUT2D eigenvalue weighted by Gasteiger charge is -1.96. The SMILES string of the molecule is Cn1nc(-c2cccc(N)c2)[nH]c1=O. The van der Waals surface area contributed by atoms with Gasteiger partial charge in [0.25, 0.3) is 0 Å². The third-order valence-electron chi connectivity index (χ3n) is 1.93. The Morgan fingerprint density at radius 1 is 1.50 bits per heavy atom. The summed E-state index contributed by atoms with van der Waals surface area (Å²) < 4.78 is 1.25. The number of H-pyrrole nitrogens is 1. The van der Waals surface area contributed by atoms with Gasteiger partial charge in [-0.15, -0.1) is 0 Å². The Morgan fingerprint density at radius 3 is 2.86 bits per heavy atom. The second-order valence-corrected chi connectivity index (χ2v) is 3.03. The zero-order valence-electron chi connectivity index (χ0n) is 7.69. The minimum atomic E-state index is -0.234. The summed E-state index contributed by atoms with van der Waals surface area (Å²) in [6.45, 7) is 0. The predicted molar refractivity (Wildman–Crippen MR) is 53.7 cm³/mol. The zero-order chi connectivity index (χ0) is 10.1. The molecule has 0 saturated carbocycles. The third kappa shape index (κ3) is 1.39. The van der Waals surface area contributed by atoms with E-state index >= 15 is 0 Å². The molecule has 0 aliphatic rings. The molecule has 5 heteroatoms. The van der Waals surface area contributed by atoms with Crippen molar-refractivity contribution in [3.8, 4) is 11.4 Å². The zero-order valence-corrected chi connectivity index (χ0v) is 7.69. The molecule has 0 bridgehead atoms. The summed E-state index contributed by atoms with van der Waals surface area (Å²) in [6, 6.07) is 7.20. The van der Waals surface area contributed by atoms with Gasteiger partial charge in [0.2, 0.25) is 0 Å². The van der Waals surface area contributed by atoms with Crippen LogP contribution in [0.2, 0.25) is 0 Å². The van der Waals surface area contributed by atoms with Crippen molar-refractivity contribution in [1.82, 2.24) is 14.8 Å². The van der Waals surface area contributed by atoms with Gasteiger partial charge in [-0.2, -0.15) is 5.10 Å². The predicted octanol–water partition coefficient (Wildman–Crippen LogP) is 0.358. The third-order valence-corrected chi connectivity index (χ3v) is 1.93. The molecule has 1 heterocycles. The maximum absolute atomic E-state index is 11.1. The highest BCUT2D eigenvalue weighted by Gasteiger charge is 2.03. The van der Waals surface area contributed by atoms with Crippen LogP contribution in [0, 0.1) is 0 Å². The van der Waals surface area contributed by atoms with Gasteiger partial charge in [0, 0.05) is 18.3 Å². The monoisotopic (exact) mass is 190 g/mol. The van der Waals surface area contributed by atoms with E-state index in [1.165, 1.54) is 4.68 Å². The highest BCUT2D eigenvalue weighted by Crippen LogP contribution is 2.15. The van der Waals surface area contributed by atoms with Gasteiger partial charge in [-0.1, -0.05) is 12.1 Å². The van der Waals surface area contributed by atoms with Crippen LogP contribution in [-0.2, 0) is 7.05 Å². The van der Waals surface area contributed by atoms with E-state index in [0.29, 0.717) is 11.5 Å². The summed E-state index contributed by atoms with van der Waals surface area (Å²) in [5.74, 6) is 0.532. The number of nitrogens with one attached hydrogen (secondary N) is 1. The second kappa shape index (κ2) is 3.02. The number of benzene rings is 1. The first-order chi connectivity index (χ1) is 6.66. The van der Waals surface area contributed by atoms with E-state index in [1.807, 2.05) is 12.1 Å². The fourth-order valence-corrected chi connectivity index (χ4v) is 1.22. The van der Waals surface area contributed by atoms with Gasteiger partial charge in [-0.3, -0.25) is 4.98 Å². The van der Waals surface area contributed by atoms with E-state index in [4.69, 9.17) is 5.73 Å². The first-order valence-electron chi connectivity index (χ1n) is 4.16. The van der Waals surface area contributed by atoms with E-state index < -0.39 is 0 Å². The van der Waals surface area contributed by atoms with Crippen LogP contribution in [0.4, 0.5) is 5.69 Å². The van der Waals surface area contributed by atoms with Crippen LogP contribution in [0.25, 0.3) is 11.4 Å². The Labute approximate surface area is 80.2 Å². The molecule has 14 heavy (non-hydrogen) atoms. The number of anilines is 1. The minimum Gasteiger partial charge on any atom is -0.399 e. The highest BCUT2D eigenvalue weighted by atomic mass is 16.1. The van der Waals surface area contributed by atoms with Crippen molar-refractivity contribution in [3.05, 3.63) is 34.7 Å². The Balaban J connectivity index is 2.54. The maximum Gasteiger partial charge on any atom is 0.343 e. The van der Waals surface area contributed by atoms with Gasteiger partial charge in [0.05, 0.1) is 0 Å². The number of nitrogens with two attached hydrogens (primary N) is 1. The number of nitrogen functional groups attached to an aromatic ring is 1. The van der Waals surface area contributed by atoms with Gasteiger partial charge in [0.15, 0.2) is 5.82 Å². The Bertz CT molecular complexity index is 512. The lowest BCUT2D eigenvalue weighted by Crippen LogP contribution is -2.13. The number of aryl methyl sites for hydroxylation is 1. The van der Waals surface area contributed by atoms with E-state index in [1.54, 1.807) is 19.2 Å². The van der Waals surface area contributed by atoms with E-state index in [9.17, 15) is 4.79 Å². The van der Waals surface area contributed by atoms with E-state index in [-0.39, 0.29) is 5.69 Å². The Morgan fingerprint density at radius 2 is 2.29 bits per heavy atom. The molecule has 1 aromatic carbocycles. The normalized spacial score (nSPS) is 10.4. The number of nitrogens with zero attached hydrogens (tertiary/aromatic N) is 2. The summed E-state index contributed by atoms with van der Waals surface area (Å²) in [6.07, 6.45) is 0. The first-order valence-corrected chi connectivity index (χ1v) is 4.16. The highest BCUT2D eigenvalue weighted by molar-refractivity contribution is 5.60. The molecule has 0 spiro atoms. The first kappa shape index (κ1) is 8.55. The van der Waals surface area contributed by atoms with Crippen LogP contribution in [0.3, 0.4) is 0 Å². The van der Waals surface area contributed by atoms with Crippen LogP contribution in [0.1, 0.15) is 0 Å². The van der Waals surface area contributed by atoms with Crippen molar-refractivity contribution in [3.63, 3.8) is 0 Å². The fraction of sp³-hybridized carbons (Fsp3) is 0.111. The summed E-state index contributed by atoms with van der Waals surface area (Å²) >= 11 is 0. The van der Waals surface area contributed by atoms with Crippen LogP contribution in [0.15, 0.2) is 29.1 Å². The smallest absolute Gasteiger partial charge is 0.343 e. The van der Waals surface area contributed by atoms with Crippen molar-refractivity contribution >= 4 is 5.69 Å². The van der Waals surface area contributed by atoms with Crippen LogP contribution in [0.5, 0.6) is 0 Å². The van der Waals surface area contributed by atoms with Crippen molar-refractivity contribution in [2.24, 2.45) is 7.05 Å². The van der Waals surface area contributed by atoms with Gasteiger partial charge < -0.3 is 5.73 Å². The molecular weight excluding hydrogens is 180 g/mol. The molecule has 0 radical (unpaired) electrons. The van der Waals surface area contributed by atoms with Gasteiger partial charge >= 0.3 is 5.69 Å². The standard InChI is InChI=1S/C9H10N4O/c1-13-9(14)11-8(12-13)6-3-2-4-7(10)5-6/h2-5H,10H2,1H3,(H,11,12,14). The topological polar surface area (TPSA) is 76.7 Å². The van der Waals surface area contributed by atoms with Gasteiger partial charge in [-0.05, 0) is 12.1 Å². The Hall–Kier alpha value is -2.04. The largest absolute Gasteiger partial charge is 0.399 e. The van der Waals surface area contributed by atoms with Crippen molar-refractivity contribution in [1.29, 1.82) is 0 Å². The van der Waals surface area contributed by atoms with Crippen molar-refractivity contribution in [2.75, 3.05) is 5.73 Å². The maximum atomic E-state index is 11.1. The van der Waals surface area contributed by atoms with Crippen LogP contribution >= 0.6 is 0 Å². The fourth-order valence-electron chi connectivity index (χ4n) is 1.22. The number of aromatic amines is 1. The summed E-state index contributed by atoms with van der Waals surface area (Å²) in [5.41, 5.74) is 6.84. The minimum absolute atomic E-state index is 0.234. The van der Waals surface area contributed by atoms with E-state index in [2.05, 4.69) is 10.1 Å². The van der Waals surface area contributed by atoms with Crippen LogP contribution in [-0.4, -0.2) is 14.8 Å². The molecule has 0 unspecified atom stereocenters. The number of aromatic nitrogens is 3. The lowest BCUT2D eigenvalue weighted by molar-refractivity contribution is 0.736. The number of hydrogen-bond acceptors (Lipinski definition) is 3. The Kier molecular flexibility index (Phi) is 1.85. The molecule has 2 aromatic rings. The molecule has 5 nitrogen and oxygen atoms in total. The molecule has 0 saturated heterocycles. The van der Waals surface area contributed by atoms with Crippen LogP contribution < -0.4 is 11.4 Å². The van der Waals surface area contributed by atoms with Gasteiger partial charge in [-0.25, -0.2) is 9.48 Å². The molecule has 72 valence electrons. The molecule has 0 aliphatic carbocycles. The lowest BCUT2D eigenvalue weighted by atomic mass is 10.2. The summed E-state index contributed by atoms with van der Waals surface area (Å²) in [4.78, 5) is 13.7. The molecule has 0 amide bonds. The van der Waals surface area contributed by atoms with Crippen molar-refractivity contribution < 1.29 is 0 Å². The molecule has 0 atom stereocenters. The molecule has 2 rings (SSSR count). The summed E-state index contributed by atoms with van der Waals surface area (Å²) in [7, 11) is 1.59. The number of rotatable bonds is 1. The van der Waals surface area contributed by atoms with E-state index in [0.717, 1.165) is 5.56 Å². The molecular formula is C9H10N4O. The summed E-state index contributed by atoms with van der Waals surface area (Å²) in [5, 5.41) is 4.01. The molecule has 3 N–H and O–H groups in total. The average molecular weight is 190 g/mol. The number of hydrogen-bond donors (Lipinski definition) is 2. The second-order valence-electron chi connectivity index (χ2n) is 3.03. The average Bonchev–Trinajstić information content (AvgIpc) is 2.47. The quantitative estimate of drug-likeness (QED) is 0.637. The molecule has 0 aliphatic heterocycles.